The van der Waals surface area contributed by atoms with E-state index in [1.54, 1.807) is 13.0 Å². The molecule has 1 N–H and O–H groups in total. The van der Waals surface area contributed by atoms with Crippen molar-refractivity contribution in [1.29, 1.82) is 0 Å². The molecule has 1 atom stereocenters. The van der Waals surface area contributed by atoms with Crippen LogP contribution < -0.4 is 5.32 Å². The molecule has 7 heteroatoms. The van der Waals surface area contributed by atoms with Crippen molar-refractivity contribution in [1.82, 2.24) is 14.7 Å². The van der Waals surface area contributed by atoms with E-state index < -0.39 is 0 Å². The number of anilines is 1. The van der Waals surface area contributed by atoms with E-state index in [2.05, 4.69) is 15.5 Å². The molecular weight excluding hydrogens is 300 g/mol. The van der Waals surface area contributed by atoms with E-state index in [0.29, 0.717) is 5.88 Å². The summed E-state index contributed by atoms with van der Waals surface area (Å²) >= 11 is 1.41. The molecule has 114 valence electrons. The second-order valence-electron chi connectivity index (χ2n) is 5.02. The van der Waals surface area contributed by atoms with Gasteiger partial charge in [0.2, 0.25) is 11.8 Å². The number of hydrogen-bond donors (Lipinski definition) is 1. The summed E-state index contributed by atoms with van der Waals surface area (Å²) in [4.78, 5) is 16.8. The lowest BCUT2D eigenvalue weighted by Gasteiger charge is -2.09. The Morgan fingerprint density at radius 1 is 1.41 bits per heavy atom. The van der Waals surface area contributed by atoms with Crippen molar-refractivity contribution in [3.05, 3.63) is 36.0 Å². The van der Waals surface area contributed by atoms with Crippen LogP contribution in [0, 0.1) is 6.92 Å². The molecule has 0 saturated heterocycles. The summed E-state index contributed by atoms with van der Waals surface area (Å²) in [7, 11) is 1.95. The number of carbonyl (C=O) groups excluding carboxylic acids is 1. The Morgan fingerprint density at radius 2 is 2.18 bits per heavy atom. The Balaban J connectivity index is 1.73. The fraction of sp³-hybridized carbons (Fsp3) is 0.267. The maximum atomic E-state index is 12.2. The number of hydrogen-bond acceptors (Lipinski definition) is 5. The van der Waals surface area contributed by atoms with Crippen LogP contribution in [0.25, 0.3) is 11.0 Å². The van der Waals surface area contributed by atoms with Gasteiger partial charge >= 0.3 is 0 Å². The molecule has 0 radical (unpaired) electrons. The molecule has 0 unspecified atom stereocenters. The van der Waals surface area contributed by atoms with Crippen LogP contribution in [-0.2, 0) is 11.8 Å². The molecule has 1 amide bonds. The number of benzene rings is 1. The van der Waals surface area contributed by atoms with E-state index >= 15 is 0 Å². The van der Waals surface area contributed by atoms with Gasteiger partial charge in [-0.25, -0.2) is 4.98 Å². The number of carbonyl (C=O) groups is 1. The number of para-hydroxylation sites is 2. The minimum Gasteiger partial charge on any atom is -0.338 e. The zero-order chi connectivity index (χ0) is 15.7. The average molecular weight is 316 g/mol. The molecule has 0 bridgehead atoms. The van der Waals surface area contributed by atoms with Crippen molar-refractivity contribution in [3.63, 3.8) is 0 Å². The van der Waals surface area contributed by atoms with Gasteiger partial charge in [-0.05, 0) is 26.0 Å². The molecule has 0 aliphatic heterocycles. The molecule has 22 heavy (non-hydrogen) atoms. The maximum absolute atomic E-state index is 12.2. The van der Waals surface area contributed by atoms with E-state index in [9.17, 15) is 4.79 Å². The third-order valence-corrected chi connectivity index (χ3v) is 4.42. The van der Waals surface area contributed by atoms with Crippen LogP contribution in [0.4, 0.5) is 5.88 Å². The summed E-state index contributed by atoms with van der Waals surface area (Å²) in [6, 6.07) is 9.58. The third-order valence-electron chi connectivity index (χ3n) is 3.27. The first-order valence-corrected chi connectivity index (χ1v) is 7.75. The number of aryl methyl sites for hydroxylation is 2. The van der Waals surface area contributed by atoms with Gasteiger partial charge in [0.05, 0.1) is 22.0 Å². The number of nitrogens with one attached hydrogen (secondary N) is 1. The van der Waals surface area contributed by atoms with Crippen molar-refractivity contribution in [2.45, 2.75) is 24.3 Å². The zero-order valence-electron chi connectivity index (χ0n) is 12.5. The largest absolute Gasteiger partial charge is 0.338 e. The van der Waals surface area contributed by atoms with Crippen LogP contribution in [-0.4, -0.2) is 25.9 Å². The topological polar surface area (TPSA) is 73.0 Å². The van der Waals surface area contributed by atoms with Crippen LogP contribution in [0.5, 0.6) is 0 Å². The van der Waals surface area contributed by atoms with Crippen LogP contribution in [0.15, 0.2) is 40.0 Å². The summed E-state index contributed by atoms with van der Waals surface area (Å²) in [5.41, 5.74) is 2.69. The molecule has 1 aromatic carbocycles. The summed E-state index contributed by atoms with van der Waals surface area (Å²) in [6.45, 7) is 3.64. The molecule has 0 aliphatic carbocycles. The highest BCUT2D eigenvalue weighted by Crippen LogP contribution is 2.26. The minimum atomic E-state index is -0.305. The highest BCUT2D eigenvalue weighted by Gasteiger charge is 2.19. The number of thioether (sulfide) groups is 1. The third kappa shape index (κ3) is 2.85. The van der Waals surface area contributed by atoms with E-state index in [4.69, 9.17) is 4.52 Å². The Hall–Kier alpha value is -2.28. The van der Waals surface area contributed by atoms with Crippen LogP contribution in [0.3, 0.4) is 0 Å². The molecule has 3 rings (SSSR count). The SMILES string of the molecule is Cc1cc(NC(=O)[C@H](C)Sc2nc3ccccc3n2C)on1. The van der Waals surface area contributed by atoms with Crippen molar-refractivity contribution in [2.24, 2.45) is 7.05 Å². The second kappa shape index (κ2) is 5.84. The van der Waals surface area contributed by atoms with Gasteiger partial charge in [-0.1, -0.05) is 29.1 Å². The van der Waals surface area contributed by atoms with E-state index in [-0.39, 0.29) is 11.2 Å². The lowest BCUT2D eigenvalue weighted by molar-refractivity contribution is -0.115. The molecule has 2 heterocycles. The first kappa shape index (κ1) is 14.6. The maximum Gasteiger partial charge on any atom is 0.240 e. The highest BCUT2D eigenvalue weighted by atomic mass is 32.2. The Labute approximate surface area is 131 Å². The van der Waals surface area contributed by atoms with Crippen molar-refractivity contribution >= 4 is 34.6 Å². The lowest BCUT2D eigenvalue weighted by atomic mass is 10.3. The van der Waals surface area contributed by atoms with Crippen LogP contribution >= 0.6 is 11.8 Å². The number of nitrogens with zero attached hydrogens (tertiary/aromatic N) is 3. The number of aromatic nitrogens is 3. The van der Waals surface area contributed by atoms with Gasteiger partial charge in [0.1, 0.15) is 0 Å². The van der Waals surface area contributed by atoms with Gasteiger partial charge in [0.25, 0.3) is 0 Å². The number of amides is 1. The zero-order valence-corrected chi connectivity index (χ0v) is 13.3. The number of imidazole rings is 1. The van der Waals surface area contributed by atoms with E-state index in [0.717, 1.165) is 21.9 Å². The molecule has 2 aromatic heterocycles. The molecule has 6 nitrogen and oxygen atoms in total. The molecular formula is C15H16N4O2S. The molecule has 0 saturated carbocycles. The predicted octanol–water partition coefficient (Wildman–Crippen LogP) is 2.99. The highest BCUT2D eigenvalue weighted by molar-refractivity contribution is 8.00. The van der Waals surface area contributed by atoms with Crippen LogP contribution in [0.1, 0.15) is 12.6 Å². The molecule has 0 fully saturated rings. The van der Waals surface area contributed by atoms with Gasteiger partial charge in [-0.2, -0.15) is 0 Å². The van der Waals surface area contributed by atoms with Gasteiger partial charge in [-0.3, -0.25) is 10.1 Å². The quantitative estimate of drug-likeness (QED) is 0.749. The predicted molar refractivity (Wildman–Crippen MR) is 85.9 cm³/mol. The normalized spacial score (nSPS) is 12.5. The summed E-state index contributed by atoms with van der Waals surface area (Å²) in [5.74, 6) is 0.216. The average Bonchev–Trinajstić information content (AvgIpc) is 3.04. The summed E-state index contributed by atoms with van der Waals surface area (Å²) in [6.07, 6.45) is 0. The van der Waals surface area contributed by atoms with Gasteiger partial charge in [0, 0.05) is 13.1 Å². The summed E-state index contributed by atoms with van der Waals surface area (Å²) in [5, 5.41) is 6.95. The fourth-order valence-corrected chi connectivity index (χ4v) is 2.98. The summed E-state index contributed by atoms with van der Waals surface area (Å²) < 4.78 is 6.98. The smallest absolute Gasteiger partial charge is 0.240 e. The number of fused-ring (bicyclic) bond motifs is 1. The van der Waals surface area contributed by atoms with Gasteiger partial charge < -0.3 is 9.09 Å². The number of rotatable bonds is 4. The Bertz CT molecular complexity index is 824. The molecule has 0 spiro atoms. The van der Waals surface area contributed by atoms with Crippen molar-refractivity contribution in [2.75, 3.05) is 5.32 Å². The first-order chi connectivity index (χ1) is 10.5. The van der Waals surface area contributed by atoms with E-state index in [1.807, 2.05) is 42.8 Å². The first-order valence-electron chi connectivity index (χ1n) is 6.87. The Kier molecular flexibility index (Phi) is 3.89. The van der Waals surface area contributed by atoms with Crippen molar-refractivity contribution < 1.29 is 9.32 Å². The van der Waals surface area contributed by atoms with Crippen LogP contribution in [0.2, 0.25) is 0 Å². The standard InChI is InChI=1S/C15H16N4O2S/c1-9-8-13(21-18-9)17-14(20)10(2)22-15-16-11-6-4-5-7-12(11)19(15)3/h4-8,10H,1-3H3,(H,17,20)/t10-/m0/s1. The monoisotopic (exact) mass is 316 g/mol. The minimum absolute atomic E-state index is 0.145. The van der Waals surface area contributed by atoms with Gasteiger partial charge in [0.15, 0.2) is 5.16 Å². The van der Waals surface area contributed by atoms with Gasteiger partial charge in [-0.15, -0.1) is 0 Å². The Morgan fingerprint density at radius 3 is 2.86 bits per heavy atom. The lowest BCUT2D eigenvalue weighted by Crippen LogP contribution is -2.22. The fourth-order valence-electron chi connectivity index (χ4n) is 2.09. The second-order valence-corrected chi connectivity index (χ2v) is 6.33. The molecule has 3 aromatic rings. The molecule has 0 aliphatic rings. The van der Waals surface area contributed by atoms with E-state index in [1.165, 1.54) is 11.8 Å². The van der Waals surface area contributed by atoms with Crippen molar-refractivity contribution in [3.8, 4) is 0 Å².